The Balaban J connectivity index is 1.51. The third kappa shape index (κ3) is 7.85. The Kier molecular flexibility index (Phi) is 10.1. The molecule has 0 fully saturated rings. The predicted octanol–water partition coefficient (Wildman–Crippen LogP) is 3.63. The zero-order valence-corrected chi connectivity index (χ0v) is 23.8. The van der Waals surface area contributed by atoms with Crippen LogP contribution in [0.3, 0.4) is 0 Å². The first-order valence-corrected chi connectivity index (χ1v) is 13.4. The van der Waals surface area contributed by atoms with Gasteiger partial charge in [-0.2, -0.15) is 0 Å². The number of anilines is 1. The van der Waals surface area contributed by atoms with E-state index in [9.17, 15) is 33.1 Å². The Morgan fingerprint density at radius 3 is 2.59 bits per heavy atom. The first-order valence-electron chi connectivity index (χ1n) is 13.4. The number of allylic oxidation sites excluding steroid dienone is 1. The van der Waals surface area contributed by atoms with Crippen LogP contribution < -0.4 is 20.9 Å². The van der Waals surface area contributed by atoms with Gasteiger partial charge in [-0.15, -0.1) is 0 Å². The minimum Gasteiger partial charge on any atom is -0.484 e. The van der Waals surface area contributed by atoms with Gasteiger partial charge in [0.2, 0.25) is 11.8 Å². The minimum absolute atomic E-state index is 0.0187. The van der Waals surface area contributed by atoms with Crippen LogP contribution in [0.4, 0.5) is 19.3 Å². The number of ether oxygens (including phenoxy) is 1. The van der Waals surface area contributed by atoms with Crippen molar-refractivity contribution in [3.05, 3.63) is 100 Å². The van der Waals surface area contributed by atoms with Gasteiger partial charge in [0, 0.05) is 26.4 Å². The maximum absolute atomic E-state index is 14.7. The number of aromatic nitrogens is 3. The fourth-order valence-corrected chi connectivity index (χ4v) is 4.22. The third-order valence-corrected chi connectivity index (χ3v) is 6.44. The number of nitrogens with zero attached hydrogens (tertiary/aromatic N) is 3. The predicted molar refractivity (Wildman–Crippen MR) is 157 cm³/mol. The Morgan fingerprint density at radius 1 is 1.14 bits per heavy atom. The summed E-state index contributed by atoms with van der Waals surface area (Å²) in [6.07, 6.45) is 3.02. The number of nitrogens with one attached hydrogen (secondary N) is 3. The fraction of sp³-hybridized carbons (Fsp3) is 0.233. The molecule has 230 valence electrons. The van der Waals surface area contributed by atoms with Crippen molar-refractivity contribution in [1.82, 2.24) is 24.8 Å². The van der Waals surface area contributed by atoms with Crippen LogP contribution in [-0.4, -0.2) is 62.6 Å². The summed E-state index contributed by atoms with van der Waals surface area (Å²) < 4.78 is 36.1. The maximum Gasteiger partial charge on any atom is 0.405 e. The SMILES string of the molecule is CN(C)C(=O)C=CCCC(NC(=O)O)C(=O)Nc1cccn(Cc2nc3c(F)cc(F)c(OCc4ccccc4)c3[nH]2)c1=O. The van der Waals surface area contributed by atoms with E-state index in [1.54, 1.807) is 38.4 Å². The van der Waals surface area contributed by atoms with E-state index in [1.807, 2.05) is 6.07 Å². The smallest absolute Gasteiger partial charge is 0.405 e. The largest absolute Gasteiger partial charge is 0.484 e. The molecule has 2 aromatic heterocycles. The first-order chi connectivity index (χ1) is 21.0. The molecule has 0 saturated carbocycles. The number of amides is 3. The van der Waals surface area contributed by atoms with Gasteiger partial charge in [0.15, 0.2) is 17.4 Å². The fourth-order valence-electron chi connectivity index (χ4n) is 4.22. The normalized spacial score (nSPS) is 11.8. The number of carbonyl (C=O) groups excluding carboxylic acids is 2. The Bertz CT molecular complexity index is 1750. The lowest BCUT2D eigenvalue weighted by molar-refractivity contribution is -0.123. The Labute approximate surface area is 250 Å². The van der Waals surface area contributed by atoms with Crippen molar-refractivity contribution in [3.8, 4) is 5.75 Å². The summed E-state index contributed by atoms with van der Waals surface area (Å²) in [5.41, 5.74) is -0.223. The molecular formula is C30H30F2N6O6. The van der Waals surface area contributed by atoms with Gasteiger partial charge < -0.3 is 34.9 Å². The van der Waals surface area contributed by atoms with Crippen molar-refractivity contribution in [2.24, 2.45) is 0 Å². The summed E-state index contributed by atoms with van der Waals surface area (Å²) >= 11 is 0. The molecule has 12 nitrogen and oxygen atoms in total. The van der Waals surface area contributed by atoms with E-state index in [2.05, 4.69) is 20.6 Å². The van der Waals surface area contributed by atoms with E-state index in [0.29, 0.717) is 6.07 Å². The number of halogens is 2. The zero-order valence-electron chi connectivity index (χ0n) is 23.8. The number of hydrogen-bond acceptors (Lipinski definition) is 6. The second kappa shape index (κ2) is 14.1. The van der Waals surface area contributed by atoms with Crippen LogP contribution in [0.2, 0.25) is 0 Å². The van der Waals surface area contributed by atoms with E-state index >= 15 is 0 Å². The van der Waals surface area contributed by atoms with Gasteiger partial charge in [-0.1, -0.05) is 36.4 Å². The first kappa shape index (κ1) is 31.4. The minimum atomic E-state index is -1.44. The van der Waals surface area contributed by atoms with Crippen LogP contribution in [0.15, 0.2) is 71.7 Å². The van der Waals surface area contributed by atoms with Gasteiger partial charge in [-0.05, 0) is 36.6 Å². The highest BCUT2D eigenvalue weighted by Crippen LogP contribution is 2.30. The molecule has 0 saturated heterocycles. The lowest BCUT2D eigenvalue weighted by Crippen LogP contribution is -2.44. The van der Waals surface area contributed by atoms with Gasteiger partial charge in [0.25, 0.3) is 5.56 Å². The number of imidazole rings is 1. The molecule has 0 aliphatic heterocycles. The number of H-pyrrole nitrogens is 1. The second-order valence-electron chi connectivity index (χ2n) is 9.91. The summed E-state index contributed by atoms with van der Waals surface area (Å²) in [7, 11) is 3.15. The number of hydrogen-bond donors (Lipinski definition) is 4. The lowest BCUT2D eigenvalue weighted by atomic mass is 10.1. The molecule has 2 aromatic carbocycles. The van der Waals surface area contributed by atoms with Crippen molar-refractivity contribution in [3.63, 3.8) is 0 Å². The van der Waals surface area contributed by atoms with Crippen LogP contribution in [-0.2, 0) is 22.7 Å². The van der Waals surface area contributed by atoms with Crippen LogP contribution in [0.1, 0.15) is 24.2 Å². The van der Waals surface area contributed by atoms with E-state index in [1.165, 1.54) is 39.9 Å². The van der Waals surface area contributed by atoms with Crippen LogP contribution in [0.25, 0.3) is 11.0 Å². The summed E-state index contributed by atoms with van der Waals surface area (Å²) in [6, 6.07) is 11.3. The van der Waals surface area contributed by atoms with Crippen LogP contribution in [0, 0.1) is 11.6 Å². The highest BCUT2D eigenvalue weighted by Gasteiger charge is 2.22. The summed E-state index contributed by atoms with van der Waals surface area (Å²) in [4.78, 5) is 57.4. The molecule has 0 spiro atoms. The van der Waals surface area contributed by atoms with Crippen molar-refractivity contribution in [2.75, 3.05) is 19.4 Å². The number of benzene rings is 2. The summed E-state index contributed by atoms with van der Waals surface area (Å²) in [6.45, 7) is -0.172. The molecule has 44 heavy (non-hydrogen) atoms. The summed E-state index contributed by atoms with van der Waals surface area (Å²) in [5.74, 6) is -3.00. The van der Waals surface area contributed by atoms with Crippen molar-refractivity contribution in [2.45, 2.75) is 32.0 Å². The van der Waals surface area contributed by atoms with Gasteiger partial charge in [-0.25, -0.2) is 18.6 Å². The molecular weight excluding hydrogens is 578 g/mol. The number of pyridine rings is 1. The van der Waals surface area contributed by atoms with E-state index < -0.39 is 35.2 Å². The van der Waals surface area contributed by atoms with E-state index in [0.717, 1.165) is 5.56 Å². The quantitative estimate of drug-likeness (QED) is 0.179. The molecule has 4 N–H and O–H groups in total. The Hall–Kier alpha value is -5.53. The monoisotopic (exact) mass is 608 g/mol. The zero-order chi connectivity index (χ0) is 31.8. The van der Waals surface area contributed by atoms with Gasteiger partial charge in [-0.3, -0.25) is 14.4 Å². The van der Waals surface area contributed by atoms with E-state index in [4.69, 9.17) is 4.74 Å². The molecule has 2 heterocycles. The molecule has 1 unspecified atom stereocenters. The standard InChI is InChI=1S/C30H30F2N6O6/c1-37(2)24(39)13-7-6-11-21(34-30(42)43)28(40)33-22-12-8-14-38(29(22)41)16-23-35-25-19(31)15-20(32)27(26(25)36-23)44-17-18-9-4-3-5-10-18/h3-5,7-10,12-15,21,34H,6,11,16-17H2,1-2H3,(H,33,40)(H,35,36)(H,42,43). The molecule has 3 amide bonds. The van der Waals surface area contributed by atoms with E-state index in [-0.39, 0.29) is 60.2 Å². The molecule has 0 aliphatic carbocycles. The van der Waals surface area contributed by atoms with Gasteiger partial charge in [0.1, 0.15) is 35.2 Å². The van der Waals surface area contributed by atoms with Gasteiger partial charge >= 0.3 is 6.09 Å². The number of carboxylic acid groups (broad SMARTS) is 1. The maximum atomic E-state index is 14.7. The number of rotatable bonds is 12. The second-order valence-corrected chi connectivity index (χ2v) is 9.91. The number of aromatic amines is 1. The van der Waals surface area contributed by atoms with Crippen LogP contribution >= 0.6 is 0 Å². The highest BCUT2D eigenvalue weighted by molar-refractivity contribution is 5.96. The number of carbonyl (C=O) groups is 3. The van der Waals surface area contributed by atoms with Crippen LogP contribution in [0.5, 0.6) is 5.75 Å². The van der Waals surface area contributed by atoms with Crippen molar-refractivity contribution >= 4 is 34.6 Å². The molecule has 14 heteroatoms. The Morgan fingerprint density at radius 2 is 1.89 bits per heavy atom. The summed E-state index contributed by atoms with van der Waals surface area (Å²) in [5, 5.41) is 13.7. The molecule has 1 atom stereocenters. The number of fused-ring (bicyclic) bond motifs is 1. The average molecular weight is 609 g/mol. The number of likely N-dealkylation sites (N-methyl/N-ethyl adjacent to an activating group) is 1. The molecule has 0 bridgehead atoms. The van der Waals surface area contributed by atoms with Crippen molar-refractivity contribution < 1.29 is 33.0 Å². The molecule has 0 aliphatic rings. The molecule has 4 aromatic rings. The average Bonchev–Trinajstić information content (AvgIpc) is 3.41. The topological polar surface area (TPSA) is 159 Å². The molecule has 4 rings (SSSR count). The third-order valence-electron chi connectivity index (χ3n) is 6.44. The molecule has 0 radical (unpaired) electrons. The lowest BCUT2D eigenvalue weighted by Gasteiger charge is -2.16. The van der Waals surface area contributed by atoms with Crippen molar-refractivity contribution in [1.29, 1.82) is 0 Å². The highest BCUT2D eigenvalue weighted by atomic mass is 19.1. The van der Waals surface area contributed by atoms with Gasteiger partial charge in [0.05, 0.1) is 6.54 Å².